The van der Waals surface area contributed by atoms with E-state index in [0.717, 1.165) is 29.4 Å². The van der Waals surface area contributed by atoms with Gasteiger partial charge in [-0.3, -0.25) is 0 Å². The van der Waals surface area contributed by atoms with E-state index < -0.39 is 11.7 Å². The summed E-state index contributed by atoms with van der Waals surface area (Å²) in [5, 5.41) is 0. The van der Waals surface area contributed by atoms with Crippen LogP contribution in [0.15, 0.2) is 33.8 Å². The van der Waals surface area contributed by atoms with Crippen molar-refractivity contribution in [3.8, 4) is 0 Å². The maximum Gasteiger partial charge on any atom is 0.417 e. The van der Waals surface area contributed by atoms with Crippen molar-refractivity contribution in [3.63, 3.8) is 0 Å². The van der Waals surface area contributed by atoms with E-state index in [-0.39, 0.29) is 10.9 Å². The normalized spacial score (nSPS) is 13.4. The molecule has 0 spiro atoms. The van der Waals surface area contributed by atoms with Crippen LogP contribution in [0, 0.1) is 0 Å². The predicted octanol–water partition coefficient (Wildman–Crippen LogP) is 3.60. The molecule has 0 bridgehead atoms. The largest absolute Gasteiger partial charge is 0.417 e. The van der Waals surface area contributed by atoms with Gasteiger partial charge in [0.15, 0.2) is 4.34 Å². The number of benzene rings is 1. The van der Waals surface area contributed by atoms with E-state index in [4.69, 9.17) is 5.73 Å². The summed E-state index contributed by atoms with van der Waals surface area (Å²) >= 11 is 2.04. The van der Waals surface area contributed by atoms with Crippen molar-refractivity contribution in [3.05, 3.63) is 35.7 Å². The molecule has 3 nitrogen and oxygen atoms in total. The maximum atomic E-state index is 13.1. The van der Waals surface area contributed by atoms with Crippen LogP contribution in [0.4, 0.5) is 13.2 Å². The highest BCUT2D eigenvalue weighted by Gasteiger charge is 2.34. The van der Waals surface area contributed by atoms with Gasteiger partial charge in [-0.1, -0.05) is 17.8 Å². The van der Waals surface area contributed by atoms with Crippen LogP contribution in [0.1, 0.15) is 18.1 Å². The molecule has 1 aromatic carbocycles. The Morgan fingerprint density at radius 3 is 2.70 bits per heavy atom. The predicted molar refractivity (Wildman–Crippen MR) is 72.8 cm³/mol. The SMILES string of the molecule is CC(N)Cc1ccc(Sc2ncns2)c(C(F)(F)F)c1. The van der Waals surface area contributed by atoms with Gasteiger partial charge in [-0.25, -0.2) is 4.98 Å². The molecule has 0 fully saturated rings. The Morgan fingerprint density at radius 2 is 2.15 bits per heavy atom. The van der Waals surface area contributed by atoms with E-state index in [2.05, 4.69) is 9.36 Å². The second-order valence-electron chi connectivity index (χ2n) is 4.32. The third kappa shape index (κ3) is 3.94. The number of halogens is 3. The monoisotopic (exact) mass is 319 g/mol. The zero-order chi connectivity index (χ0) is 14.8. The molecule has 1 atom stereocenters. The van der Waals surface area contributed by atoms with Crippen LogP contribution in [0.5, 0.6) is 0 Å². The fourth-order valence-electron chi connectivity index (χ4n) is 1.69. The minimum atomic E-state index is -4.40. The lowest BCUT2D eigenvalue weighted by Gasteiger charge is -2.14. The third-order valence-electron chi connectivity index (χ3n) is 2.45. The third-order valence-corrected chi connectivity index (χ3v) is 4.24. The van der Waals surface area contributed by atoms with Gasteiger partial charge in [0.25, 0.3) is 0 Å². The molecular weight excluding hydrogens is 307 g/mol. The molecule has 1 heterocycles. The number of nitrogens with zero attached hydrogens (tertiary/aromatic N) is 2. The number of nitrogens with two attached hydrogens (primary N) is 1. The molecule has 2 aromatic rings. The highest BCUT2D eigenvalue weighted by molar-refractivity contribution is 8.01. The number of alkyl halides is 3. The van der Waals surface area contributed by atoms with Crippen molar-refractivity contribution in [2.45, 2.75) is 34.8 Å². The molecule has 20 heavy (non-hydrogen) atoms. The number of aromatic nitrogens is 2. The van der Waals surface area contributed by atoms with Crippen LogP contribution in [-0.2, 0) is 12.6 Å². The fourth-order valence-corrected chi connectivity index (χ4v) is 3.22. The van der Waals surface area contributed by atoms with Crippen LogP contribution >= 0.6 is 23.3 Å². The van der Waals surface area contributed by atoms with Crippen molar-refractivity contribution in [1.82, 2.24) is 9.36 Å². The van der Waals surface area contributed by atoms with Crippen LogP contribution < -0.4 is 5.73 Å². The van der Waals surface area contributed by atoms with Crippen molar-refractivity contribution >= 4 is 23.3 Å². The first-order valence-electron chi connectivity index (χ1n) is 5.76. The summed E-state index contributed by atoms with van der Waals surface area (Å²) in [5.41, 5.74) is 5.55. The van der Waals surface area contributed by atoms with Crippen LogP contribution in [0.2, 0.25) is 0 Å². The van der Waals surface area contributed by atoms with E-state index in [0.29, 0.717) is 16.3 Å². The van der Waals surface area contributed by atoms with Crippen molar-refractivity contribution in [2.75, 3.05) is 0 Å². The molecule has 1 unspecified atom stereocenters. The standard InChI is InChI=1S/C12H12F3N3S2/c1-7(16)4-8-2-3-10(9(5-8)12(13,14)15)19-11-17-6-18-20-11/h2-3,5-7H,4,16H2,1H3. The summed E-state index contributed by atoms with van der Waals surface area (Å²) in [7, 11) is 0. The Labute approximate surface area is 122 Å². The second kappa shape index (κ2) is 6.11. The van der Waals surface area contributed by atoms with Gasteiger partial charge < -0.3 is 5.73 Å². The van der Waals surface area contributed by atoms with Gasteiger partial charge >= 0.3 is 6.18 Å². The van der Waals surface area contributed by atoms with Gasteiger partial charge in [0.1, 0.15) is 6.33 Å². The Kier molecular flexibility index (Phi) is 4.66. The second-order valence-corrected chi connectivity index (χ2v) is 6.39. The van der Waals surface area contributed by atoms with E-state index in [9.17, 15) is 13.2 Å². The molecule has 108 valence electrons. The summed E-state index contributed by atoms with van der Waals surface area (Å²) in [4.78, 5) is 4.02. The number of hydrogen-bond acceptors (Lipinski definition) is 5. The highest BCUT2D eigenvalue weighted by atomic mass is 32.2. The summed E-state index contributed by atoms with van der Waals surface area (Å²) in [6.45, 7) is 1.76. The van der Waals surface area contributed by atoms with Crippen molar-refractivity contribution in [2.24, 2.45) is 5.73 Å². The topological polar surface area (TPSA) is 51.8 Å². The van der Waals surface area contributed by atoms with Gasteiger partial charge in [-0.2, -0.15) is 17.5 Å². The lowest BCUT2D eigenvalue weighted by Crippen LogP contribution is -2.18. The lowest BCUT2D eigenvalue weighted by atomic mass is 10.0. The minimum absolute atomic E-state index is 0.127. The zero-order valence-corrected chi connectivity index (χ0v) is 12.1. The molecule has 2 rings (SSSR count). The van der Waals surface area contributed by atoms with Crippen molar-refractivity contribution in [1.29, 1.82) is 0 Å². The molecule has 0 saturated heterocycles. The number of rotatable bonds is 4. The van der Waals surface area contributed by atoms with E-state index >= 15 is 0 Å². The van der Waals surface area contributed by atoms with E-state index in [1.807, 2.05) is 0 Å². The van der Waals surface area contributed by atoms with Gasteiger partial charge in [-0.05, 0) is 42.6 Å². The molecule has 0 amide bonds. The fraction of sp³-hybridized carbons (Fsp3) is 0.333. The van der Waals surface area contributed by atoms with Gasteiger partial charge in [0.05, 0.1) is 5.56 Å². The average molecular weight is 319 g/mol. The van der Waals surface area contributed by atoms with Gasteiger partial charge in [0.2, 0.25) is 0 Å². The molecule has 0 aliphatic rings. The molecular formula is C12H12F3N3S2. The Morgan fingerprint density at radius 1 is 1.40 bits per heavy atom. The van der Waals surface area contributed by atoms with E-state index in [1.165, 1.54) is 12.4 Å². The van der Waals surface area contributed by atoms with Crippen LogP contribution in [0.25, 0.3) is 0 Å². The molecule has 1 aromatic heterocycles. The van der Waals surface area contributed by atoms with Crippen molar-refractivity contribution < 1.29 is 13.2 Å². The zero-order valence-electron chi connectivity index (χ0n) is 10.5. The molecule has 8 heteroatoms. The van der Waals surface area contributed by atoms with Gasteiger partial charge in [-0.15, -0.1) is 0 Å². The van der Waals surface area contributed by atoms with Gasteiger partial charge in [0, 0.05) is 10.9 Å². The Bertz CT molecular complexity index is 568. The minimum Gasteiger partial charge on any atom is -0.328 e. The first-order chi connectivity index (χ1) is 9.36. The lowest BCUT2D eigenvalue weighted by molar-refractivity contribution is -0.139. The Hall–Kier alpha value is -1.12. The Balaban J connectivity index is 2.35. The molecule has 0 radical (unpaired) electrons. The number of hydrogen-bond donors (Lipinski definition) is 1. The molecule has 0 aliphatic carbocycles. The highest BCUT2D eigenvalue weighted by Crippen LogP contribution is 2.40. The molecule has 2 N–H and O–H groups in total. The first-order valence-corrected chi connectivity index (χ1v) is 7.35. The van der Waals surface area contributed by atoms with E-state index in [1.54, 1.807) is 13.0 Å². The summed E-state index contributed by atoms with van der Waals surface area (Å²) < 4.78 is 43.6. The summed E-state index contributed by atoms with van der Waals surface area (Å²) in [6.07, 6.45) is -2.67. The summed E-state index contributed by atoms with van der Waals surface area (Å²) in [6, 6.07) is 4.11. The average Bonchev–Trinajstić information content (AvgIpc) is 2.82. The molecule has 0 aliphatic heterocycles. The van der Waals surface area contributed by atoms with Crippen LogP contribution in [0.3, 0.4) is 0 Å². The maximum absolute atomic E-state index is 13.1. The smallest absolute Gasteiger partial charge is 0.328 e. The quantitative estimate of drug-likeness (QED) is 0.935. The summed E-state index contributed by atoms with van der Waals surface area (Å²) in [5.74, 6) is 0. The molecule has 0 saturated carbocycles. The van der Waals surface area contributed by atoms with Crippen LogP contribution in [-0.4, -0.2) is 15.4 Å². The first kappa shape index (κ1) is 15.3.